The molecule has 0 spiro atoms. The lowest BCUT2D eigenvalue weighted by Crippen LogP contribution is -2.58. The molecular formula is C21H30ClN3O3. The topological polar surface area (TPSA) is 61.9 Å². The number of nitrogens with one attached hydrogen (secondary N) is 1. The number of carbonyl (C=O) groups excluding carboxylic acids is 2. The number of benzene rings is 1. The molecule has 0 bridgehead atoms. The Morgan fingerprint density at radius 2 is 1.93 bits per heavy atom. The third-order valence-corrected chi connectivity index (χ3v) is 6.04. The number of rotatable bonds is 3. The van der Waals surface area contributed by atoms with E-state index < -0.39 is 0 Å². The van der Waals surface area contributed by atoms with Crippen molar-refractivity contribution in [3.05, 3.63) is 35.9 Å². The number of halogens is 1. The average Bonchev–Trinajstić information content (AvgIpc) is 2.74. The molecule has 4 rings (SSSR count). The molecule has 28 heavy (non-hydrogen) atoms. The Morgan fingerprint density at radius 3 is 2.71 bits per heavy atom. The third kappa shape index (κ3) is 4.50. The van der Waals surface area contributed by atoms with Gasteiger partial charge in [0.25, 0.3) is 0 Å². The maximum Gasteiger partial charge on any atom is 0.236 e. The number of nitrogens with zero attached hydrogens (tertiary/aromatic N) is 2. The minimum absolute atomic E-state index is 0. The van der Waals surface area contributed by atoms with Gasteiger partial charge < -0.3 is 19.9 Å². The van der Waals surface area contributed by atoms with E-state index in [2.05, 4.69) is 17.4 Å². The zero-order valence-electron chi connectivity index (χ0n) is 16.2. The zero-order chi connectivity index (χ0) is 18.6. The second kappa shape index (κ2) is 9.72. The van der Waals surface area contributed by atoms with Gasteiger partial charge in [0.05, 0.1) is 18.6 Å². The highest BCUT2D eigenvalue weighted by molar-refractivity contribution is 5.85. The lowest BCUT2D eigenvalue weighted by molar-refractivity contribution is -0.150. The van der Waals surface area contributed by atoms with Gasteiger partial charge in [-0.05, 0) is 31.2 Å². The maximum atomic E-state index is 13.4. The monoisotopic (exact) mass is 407 g/mol. The first-order valence-corrected chi connectivity index (χ1v) is 10.2. The first-order valence-electron chi connectivity index (χ1n) is 10.2. The smallest absolute Gasteiger partial charge is 0.236 e. The Bertz CT molecular complexity index is 672. The molecule has 3 saturated heterocycles. The molecule has 3 fully saturated rings. The summed E-state index contributed by atoms with van der Waals surface area (Å²) >= 11 is 0. The molecule has 0 radical (unpaired) electrons. The van der Waals surface area contributed by atoms with Crippen LogP contribution in [0.4, 0.5) is 0 Å². The van der Waals surface area contributed by atoms with Crippen molar-refractivity contribution in [3.63, 3.8) is 0 Å². The Morgan fingerprint density at radius 1 is 1.11 bits per heavy atom. The van der Waals surface area contributed by atoms with Gasteiger partial charge in [0.1, 0.15) is 0 Å². The summed E-state index contributed by atoms with van der Waals surface area (Å²) in [6.45, 7) is 4.14. The molecule has 0 aliphatic carbocycles. The van der Waals surface area contributed by atoms with Gasteiger partial charge in [-0.25, -0.2) is 0 Å². The SMILES string of the molecule is Cl.O=C(C1CCCOC1c1ccccc1)N1CCCC(N2CCNCC2=O)C1. The molecule has 3 heterocycles. The van der Waals surface area contributed by atoms with Gasteiger partial charge >= 0.3 is 0 Å². The standard InChI is InChI=1S/C21H29N3O3.ClH/c25-19-14-22-10-12-24(19)17-8-4-11-23(15-17)21(26)18-9-5-13-27-20(18)16-6-2-1-3-7-16;/h1-3,6-7,17-18,20,22H,4-5,8-15H2;1H. The molecule has 1 N–H and O–H groups in total. The summed E-state index contributed by atoms with van der Waals surface area (Å²) in [4.78, 5) is 29.6. The Kier molecular flexibility index (Phi) is 7.32. The molecule has 1 aromatic rings. The van der Waals surface area contributed by atoms with E-state index in [-0.39, 0.29) is 42.3 Å². The van der Waals surface area contributed by atoms with Crippen LogP contribution >= 0.6 is 12.4 Å². The molecule has 154 valence electrons. The fourth-order valence-electron chi connectivity index (χ4n) is 4.66. The molecule has 3 aliphatic rings. The fourth-order valence-corrected chi connectivity index (χ4v) is 4.66. The minimum atomic E-state index is -0.159. The molecule has 6 nitrogen and oxygen atoms in total. The van der Waals surface area contributed by atoms with Gasteiger partial charge in [0.15, 0.2) is 0 Å². The van der Waals surface area contributed by atoms with E-state index in [0.29, 0.717) is 19.7 Å². The summed E-state index contributed by atoms with van der Waals surface area (Å²) in [7, 11) is 0. The zero-order valence-corrected chi connectivity index (χ0v) is 17.0. The van der Waals surface area contributed by atoms with E-state index in [9.17, 15) is 9.59 Å². The fraction of sp³-hybridized carbons (Fsp3) is 0.619. The minimum Gasteiger partial charge on any atom is -0.373 e. The van der Waals surface area contributed by atoms with Crippen molar-refractivity contribution in [2.75, 3.05) is 39.3 Å². The molecule has 3 atom stereocenters. The molecule has 0 aromatic heterocycles. The molecule has 1 aromatic carbocycles. The lowest BCUT2D eigenvalue weighted by atomic mass is 9.87. The van der Waals surface area contributed by atoms with Gasteiger partial charge in [0, 0.05) is 38.8 Å². The van der Waals surface area contributed by atoms with E-state index >= 15 is 0 Å². The molecule has 0 saturated carbocycles. The van der Waals surface area contributed by atoms with Crippen LogP contribution in [-0.2, 0) is 14.3 Å². The van der Waals surface area contributed by atoms with Crippen molar-refractivity contribution in [2.24, 2.45) is 5.92 Å². The lowest BCUT2D eigenvalue weighted by Gasteiger charge is -2.43. The van der Waals surface area contributed by atoms with Crippen molar-refractivity contribution in [3.8, 4) is 0 Å². The molecule has 3 aliphatic heterocycles. The van der Waals surface area contributed by atoms with Crippen LogP contribution in [-0.4, -0.2) is 67.0 Å². The Balaban J connectivity index is 0.00000225. The number of carbonyl (C=O) groups is 2. The first-order chi connectivity index (χ1) is 13.2. The van der Waals surface area contributed by atoms with Crippen molar-refractivity contribution in [1.29, 1.82) is 0 Å². The van der Waals surface area contributed by atoms with Crippen molar-refractivity contribution in [2.45, 2.75) is 37.8 Å². The van der Waals surface area contributed by atoms with Crippen molar-refractivity contribution >= 4 is 24.2 Å². The Hall–Kier alpha value is -1.63. The van der Waals surface area contributed by atoms with Crippen LogP contribution in [0.15, 0.2) is 30.3 Å². The Labute approximate surface area is 173 Å². The van der Waals surface area contributed by atoms with Gasteiger partial charge in [-0.3, -0.25) is 9.59 Å². The number of piperazine rings is 1. The van der Waals surface area contributed by atoms with Crippen LogP contribution in [0, 0.1) is 5.92 Å². The van der Waals surface area contributed by atoms with E-state index in [1.807, 2.05) is 28.0 Å². The molecule has 3 unspecified atom stereocenters. The maximum absolute atomic E-state index is 13.4. The highest BCUT2D eigenvalue weighted by Crippen LogP contribution is 2.35. The normalized spacial score (nSPS) is 28.6. The quantitative estimate of drug-likeness (QED) is 0.832. The number of hydrogen-bond donors (Lipinski definition) is 1. The number of likely N-dealkylation sites (tertiary alicyclic amines) is 1. The summed E-state index contributed by atoms with van der Waals surface area (Å²) < 4.78 is 6.03. The summed E-state index contributed by atoms with van der Waals surface area (Å²) in [6, 6.07) is 10.2. The predicted molar refractivity (Wildman–Crippen MR) is 109 cm³/mol. The van der Waals surface area contributed by atoms with Crippen molar-refractivity contribution < 1.29 is 14.3 Å². The van der Waals surface area contributed by atoms with Gasteiger partial charge in [-0.1, -0.05) is 30.3 Å². The van der Waals surface area contributed by atoms with E-state index in [1.165, 1.54) is 0 Å². The summed E-state index contributed by atoms with van der Waals surface area (Å²) in [5.41, 5.74) is 1.08. The molecule has 7 heteroatoms. The number of piperidine rings is 1. The van der Waals surface area contributed by atoms with Gasteiger partial charge in [0.2, 0.25) is 11.8 Å². The van der Waals surface area contributed by atoms with E-state index in [1.54, 1.807) is 0 Å². The number of amides is 2. The molecular weight excluding hydrogens is 378 g/mol. The van der Waals surface area contributed by atoms with Gasteiger partial charge in [-0.2, -0.15) is 0 Å². The van der Waals surface area contributed by atoms with E-state index in [0.717, 1.165) is 50.9 Å². The summed E-state index contributed by atoms with van der Waals surface area (Å²) in [5, 5.41) is 3.12. The van der Waals surface area contributed by atoms with Crippen LogP contribution < -0.4 is 5.32 Å². The second-order valence-electron chi connectivity index (χ2n) is 7.80. The summed E-state index contributed by atoms with van der Waals surface area (Å²) in [5.74, 6) is 0.221. The van der Waals surface area contributed by atoms with Crippen LogP contribution in [0.2, 0.25) is 0 Å². The highest BCUT2D eigenvalue weighted by Gasteiger charge is 2.38. The molecule has 2 amide bonds. The second-order valence-corrected chi connectivity index (χ2v) is 7.80. The van der Waals surface area contributed by atoms with Crippen LogP contribution in [0.25, 0.3) is 0 Å². The first kappa shape index (κ1) is 21.1. The largest absolute Gasteiger partial charge is 0.373 e. The predicted octanol–water partition coefficient (Wildman–Crippen LogP) is 2.00. The van der Waals surface area contributed by atoms with Crippen LogP contribution in [0.5, 0.6) is 0 Å². The number of hydrogen-bond acceptors (Lipinski definition) is 4. The highest BCUT2D eigenvalue weighted by atomic mass is 35.5. The van der Waals surface area contributed by atoms with Crippen molar-refractivity contribution in [1.82, 2.24) is 15.1 Å². The average molecular weight is 408 g/mol. The third-order valence-electron chi connectivity index (χ3n) is 6.04. The van der Waals surface area contributed by atoms with Gasteiger partial charge in [-0.15, -0.1) is 12.4 Å². The number of ether oxygens (including phenoxy) is 1. The van der Waals surface area contributed by atoms with Crippen LogP contribution in [0.3, 0.4) is 0 Å². The van der Waals surface area contributed by atoms with Crippen LogP contribution in [0.1, 0.15) is 37.4 Å². The summed E-state index contributed by atoms with van der Waals surface area (Å²) in [6.07, 6.45) is 3.57. The van der Waals surface area contributed by atoms with E-state index in [4.69, 9.17) is 4.74 Å².